The number of benzene rings is 1. The molecular formula is C17H16N4O. The van der Waals surface area contributed by atoms with Gasteiger partial charge in [0.15, 0.2) is 0 Å². The predicted octanol–water partition coefficient (Wildman–Crippen LogP) is 2.38. The van der Waals surface area contributed by atoms with E-state index in [0.717, 1.165) is 11.1 Å². The molecule has 22 heavy (non-hydrogen) atoms. The van der Waals surface area contributed by atoms with Crippen LogP contribution in [0.15, 0.2) is 67.3 Å². The molecule has 0 aliphatic carbocycles. The summed E-state index contributed by atoms with van der Waals surface area (Å²) in [6.07, 6.45) is 7.29. The first-order valence-corrected chi connectivity index (χ1v) is 7.09. The summed E-state index contributed by atoms with van der Waals surface area (Å²) in [5.74, 6) is -0.0675. The number of carbonyl (C=O) groups is 1. The van der Waals surface area contributed by atoms with Gasteiger partial charge in [-0.15, -0.1) is 0 Å². The average molecular weight is 292 g/mol. The summed E-state index contributed by atoms with van der Waals surface area (Å²) in [5, 5.41) is 7.19. The number of nitrogens with zero attached hydrogens (tertiary/aromatic N) is 3. The van der Waals surface area contributed by atoms with Gasteiger partial charge in [-0.1, -0.05) is 18.2 Å². The zero-order valence-electron chi connectivity index (χ0n) is 12.0. The van der Waals surface area contributed by atoms with E-state index in [4.69, 9.17) is 0 Å². The van der Waals surface area contributed by atoms with Gasteiger partial charge in [0.05, 0.1) is 12.7 Å². The van der Waals surface area contributed by atoms with Crippen LogP contribution in [0.1, 0.15) is 10.4 Å². The van der Waals surface area contributed by atoms with Crippen molar-refractivity contribution in [1.82, 2.24) is 20.1 Å². The monoisotopic (exact) mass is 292 g/mol. The molecule has 1 aromatic carbocycles. The van der Waals surface area contributed by atoms with E-state index >= 15 is 0 Å². The highest BCUT2D eigenvalue weighted by molar-refractivity contribution is 5.94. The first-order valence-electron chi connectivity index (χ1n) is 7.09. The lowest BCUT2D eigenvalue weighted by atomic mass is 10.1. The molecule has 1 amide bonds. The Kier molecular flexibility index (Phi) is 4.25. The van der Waals surface area contributed by atoms with E-state index in [0.29, 0.717) is 18.7 Å². The van der Waals surface area contributed by atoms with Crippen molar-refractivity contribution in [3.63, 3.8) is 0 Å². The molecule has 0 aliphatic rings. The van der Waals surface area contributed by atoms with Gasteiger partial charge in [0.2, 0.25) is 0 Å². The molecule has 1 N–H and O–H groups in total. The predicted molar refractivity (Wildman–Crippen MR) is 84.2 cm³/mol. The minimum atomic E-state index is -0.0675. The van der Waals surface area contributed by atoms with Crippen LogP contribution in [0.5, 0.6) is 0 Å². The number of hydrogen-bond donors (Lipinski definition) is 1. The third-order valence-electron chi connectivity index (χ3n) is 3.31. The molecule has 0 radical (unpaired) electrons. The molecule has 5 heteroatoms. The van der Waals surface area contributed by atoms with Gasteiger partial charge in [-0.25, -0.2) is 0 Å². The Morgan fingerprint density at radius 3 is 2.59 bits per heavy atom. The van der Waals surface area contributed by atoms with Crippen LogP contribution in [-0.2, 0) is 6.54 Å². The Bertz CT molecular complexity index is 738. The lowest BCUT2D eigenvalue weighted by Gasteiger charge is -2.05. The zero-order valence-corrected chi connectivity index (χ0v) is 12.0. The third-order valence-corrected chi connectivity index (χ3v) is 3.31. The number of pyridine rings is 1. The minimum Gasteiger partial charge on any atom is -0.350 e. The maximum atomic E-state index is 11.9. The van der Waals surface area contributed by atoms with Gasteiger partial charge in [-0.3, -0.25) is 14.5 Å². The Morgan fingerprint density at radius 1 is 1.05 bits per heavy atom. The van der Waals surface area contributed by atoms with E-state index < -0.39 is 0 Å². The molecule has 3 rings (SSSR count). The van der Waals surface area contributed by atoms with Crippen molar-refractivity contribution in [2.24, 2.45) is 0 Å². The summed E-state index contributed by atoms with van der Waals surface area (Å²) in [5.41, 5.74) is 2.78. The van der Waals surface area contributed by atoms with Crippen LogP contribution in [0.3, 0.4) is 0 Å². The van der Waals surface area contributed by atoms with E-state index in [2.05, 4.69) is 15.4 Å². The summed E-state index contributed by atoms with van der Waals surface area (Å²) in [7, 11) is 0. The maximum absolute atomic E-state index is 11.9. The zero-order chi connectivity index (χ0) is 15.2. The molecule has 0 bridgehead atoms. The van der Waals surface area contributed by atoms with Crippen molar-refractivity contribution >= 4 is 5.91 Å². The SMILES string of the molecule is O=C(NCCn1cc(-c2ccncc2)cn1)c1ccccc1. The van der Waals surface area contributed by atoms with E-state index in [1.54, 1.807) is 24.5 Å². The quantitative estimate of drug-likeness (QED) is 0.785. The van der Waals surface area contributed by atoms with Gasteiger partial charge in [0.25, 0.3) is 5.91 Å². The molecule has 110 valence electrons. The van der Waals surface area contributed by atoms with Crippen molar-refractivity contribution in [2.75, 3.05) is 6.54 Å². The van der Waals surface area contributed by atoms with Gasteiger partial charge in [-0.05, 0) is 29.8 Å². The number of rotatable bonds is 5. The lowest BCUT2D eigenvalue weighted by Crippen LogP contribution is -2.27. The summed E-state index contributed by atoms with van der Waals surface area (Å²) >= 11 is 0. The molecule has 2 aromatic heterocycles. The highest BCUT2D eigenvalue weighted by atomic mass is 16.1. The van der Waals surface area contributed by atoms with Crippen LogP contribution in [0.4, 0.5) is 0 Å². The second-order valence-electron chi connectivity index (χ2n) is 4.85. The van der Waals surface area contributed by atoms with Gasteiger partial charge in [0.1, 0.15) is 0 Å². The first-order chi connectivity index (χ1) is 10.8. The normalized spacial score (nSPS) is 10.4. The Labute approximate surface area is 128 Å². The number of aromatic nitrogens is 3. The Balaban J connectivity index is 1.55. The highest BCUT2D eigenvalue weighted by Crippen LogP contribution is 2.16. The number of hydrogen-bond acceptors (Lipinski definition) is 3. The fraction of sp³-hybridized carbons (Fsp3) is 0.118. The molecule has 0 unspecified atom stereocenters. The largest absolute Gasteiger partial charge is 0.350 e. The van der Waals surface area contributed by atoms with Crippen LogP contribution in [-0.4, -0.2) is 27.2 Å². The molecular weight excluding hydrogens is 276 g/mol. The van der Waals surface area contributed by atoms with Crippen molar-refractivity contribution < 1.29 is 4.79 Å². The Hall–Kier alpha value is -2.95. The lowest BCUT2D eigenvalue weighted by molar-refractivity contribution is 0.0952. The fourth-order valence-electron chi connectivity index (χ4n) is 2.15. The standard InChI is InChI=1S/C17H16N4O/c22-17(15-4-2-1-3-5-15)19-10-11-21-13-16(12-20-21)14-6-8-18-9-7-14/h1-9,12-13H,10-11H2,(H,19,22). The van der Waals surface area contributed by atoms with E-state index in [1.807, 2.05) is 47.4 Å². The van der Waals surface area contributed by atoms with Crippen LogP contribution < -0.4 is 5.32 Å². The number of carbonyl (C=O) groups excluding carboxylic acids is 1. The molecule has 0 saturated heterocycles. The molecule has 0 saturated carbocycles. The molecule has 0 aliphatic heterocycles. The smallest absolute Gasteiger partial charge is 0.251 e. The maximum Gasteiger partial charge on any atom is 0.251 e. The van der Waals surface area contributed by atoms with Crippen molar-refractivity contribution in [2.45, 2.75) is 6.54 Å². The molecule has 2 heterocycles. The summed E-state index contributed by atoms with van der Waals surface area (Å²) in [6.45, 7) is 1.16. The topological polar surface area (TPSA) is 59.8 Å². The fourth-order valence-corrected chi connectivity index (χ4v) is 2.15. The van der Waals surface area contributed by atoms with Crippen molar-refractivity contribution in [3.8, 4) is 11.1 Å². The van der Waals surface area contributed by atoms with Gasteiger partial charge in [-0.2, -0.15) is 5.10 Å². The molecule has 0 fully saturated rings. The second-order valence-corrected chi connectivity index (χ2v) is 4.85. The summed E-state index contributed by atoms with van der Waals surface area (Å²) in [4.78, 5) is 15.9. The van der Waals surface area contributed by atoms with E-state index in [1.165, 1.54) is 0 Å². The van der Waals surface area contributed by atoms with Crippen LogP contribution in [0, 0.1) is 0 Å². The van der Waals surface area contributed by atoms with Crippen LogP contribution in [0.25, 0.3) is 11.1 Å². The third kappa shape index (κ3) is 3.38. The van der Waals surface area contributed by atoms with E-state index in [-0.39, 0.29) is 5.91 Å². The van der Waals surface area contributed by atoms with Crippen molar-refractivity contribution in [3.05, 3.63) is 72.8 Å². The average Bonchev–Trinajstić information content (AvgIpc) is 3.05. The Morgan fingerprint density at radius 2 is 1.82 bits per heavy atom. The van der Waals surface area contributed by atoms with Crippen LogP contribution >= 0.6 is 0 Å². The first kappa shape index (κ1) is 14.0. The van der Waals surface area contributed by atoms with Gasteiger partial charge >= 0.3 is 0 Å². The molecule has 0 spiro atoms. The van der Waals surface area contributed by atoms with Gasteiger partial charge < -0.3 is 5.32 Å². The molecule has 0 atom stereocenters. The highest BCUT2D eigenvalue weighted by Gasteiger charge is 2.04. The molecule has 3 aromatic rings. The minimum absolute atomic E-state index is 0.0675. The number of amides is 1. The molecule has 5 nitrogen and oxygen atoms in total. The van der Waals surface area contributed by atoms with Crippen LogP contribution in [0.2, 0.25) is 0 Å². The second kappa shape index (κ2) is 6.67. The number of nitrogens with one attached hydrogen (secondary N) is 1. The van der Waals surface area contributed by atoms with E-state index in [9.17, 15) is 4.79 Å². The summed E-state index contributed by atoms with van der Waals surface area (Å²) < 4.78 is 1.82. The summed E-state index contributed by atoms with van der Waals surface area (Å²) in [6, 6.07) is 13.1. The van der Waals surface area contributed by atoms with Crippen molar-refractivity contribution in [1.29, 1.82) is 0 Å². The van der Waals surface area contributed by atoms with Gasteiger partial charge in [0, 0.05) is 36.3 Å².